The molecule has 0 aliphatic carbocycles. The Morgan fingerprint density at radius 1 is 1.00 bits per heavy atom. The van der Waals surface area contributed by atoms with Crippen LogP contribution in [0.15, 0.2) is 77.7 Å². The molecule has 0 spiro atoms. The molecule has 5 nitrogen and oxygen atoms in total. The molecule has 2 aromatic carbocycles. The molecule has 0 saturated carbocycles. The molecule has 0 aromatic heterocycles. The van der Waals surface area contributed by atoms with Crippen molar-refractivity contribution in [3.63, 3.8) is 0 Å². The number of benzene rings is 2. The number of ether oxygens (including phenoxy) is 1. The molecule has 0 radical (unpaired) electrons. The van der Waals surface area contributed by atoms with Gasteiger partial charge in [0.1, 0.15) is 17.7 Å². The van der Waals surface area contributed by atoms with Gasteiger partial charge in [0.25, 0.3) is 0 Å². The van der Waals surface area contributed by atoms with Crippen LogP contribution in [0.4, 0.5) is 0 Å². The van der Waals surface area contributed by atoms with Gasteiger partial charge in [-0.05, 0) is 55.8 Å². The zero-order valence-electron chi connectivity index (χ0n) is 15.0. The number of para-hydroxylation sites is 1. The molecule has 2 atom stereocenters. The Hall–Kier alpha value is -3.05. The van der Waals surface area contributed by atoms with Crippen molar-refractivity contribution in [1.82, 2.24) is 15.5 Å². The molecule has 3 aliphatic rings. The molecule has 1 saturated heterocycles. The van der Waals surface area contributed by atoms with Crippen molar-refractivity contribution in [3.8, 4) is 11.5 Å². The molecular formula is C22H22N4O. The lowest BCUT2D eigenvalue weighted by Gasteiger charge is -2.30. The summed E-state index contributed by atoms with van der Waals surface area (Å²) in [5, 5.41) is 7.33. The van der Waals surface area contributed by atoms with Gasteiger partial charge in [-0.3, -0.25) is 4.99 Å². The summed E-state index contributed by atoms with van der Waals surface area (Å²) in [4.78, 5) is 6.63. The average molecular weight is 358 g/mol. The summed E-state index contributed by atoms with van der Waals surface area (Å²) in [6.07, 6.45) is 8.49. The molecule has 2 aromatic rings. The summed E-state index contributed by atoms with van der Waals surface area (Å²) in [7, 11) is 0. The number of nitrogens with one attached hydrogen (secondary N) is 2. The number of rotatable bonds is 4. The van der Waals surface area contributed by atoms with E-state index in [1.165, 1.54) is 12.8 Å². The van der Waals surface area contributed by atoms with Gasteiger partial charge in [0.2, 0.25) is 0 Å². The Bertz CT molecular complexity index is 896. The highest BCUT2D eigenvalue weighted by Gasteiger charge is 2.37. The monoisotopic (exact) mass is 358 g/mol. The molecule has 3 aliphatic heterocycles. The van der Waals surface area contributed by atoms with Crippen LogP contribution >= 0.6 is 0 Å². The van der Waals surface area contributed by atoms with E-state index in [9.17, 15) is 0 Å². The highest BCUT2D eigenvalue weighted by molar-refractivity contribution is 5.92. The van der Waals surface area contributed by atoms with E-state index < -0.39 is 0 Å². The first-order valence-electron chi connectivity index (χ1n) is 9.44. The third kappa shape index (κ3) is 3.11. The van der Waals surface area contributed by atoms with E-state index in [2.05, 4.69) is 38.9 Å². The van der Waals surface area contributed by atoms with E-state index in [-0.39, 0.29) is 6.17 Å². The van der Waals surface area contributed by atoms with Crippen molar-refractivity contribution in [2.75, 3.05) is 6.54 Å². The van der Waals surface area contributed by atoms with Gasteiger partial charge < -0.3 is 20.3 Å². The standard InChI is InChI=1S/C22H22N4O/c1-2-5-17(6-3-1)27-18-10-8-16(9-11-18)21-20-15-23-13-14-26(20)22(25-21)19-7-4-12-24-19/h1-3,5-6,8-11,13-15,19,22,24-25H,4,7,12H2. The second kappa shape index (κ2) is 6.93. The zero-order valence-corrected chi connectivity index (χ0v) is 15.0. The summed E-state index contributed by atoms with van der Waals surface area (Å²) < 4.78 is 5.91. The fourth-order valence-corrected chi connectivity index (χ4v) is 3.92. The van der Waals surface area contributed by atoms with Crippen LogP contribution in [0.1, 0.15) is 18.4 Å². The van der Waals surface area contributed by atoms with Gasteiger partial charge >= 0.3 is 0 Å². The minimum absolute atomic E-state index is 0.223. The van der Waals surface area contributed by atoms with Crippen LogP contribution in [0.3, 0.4) is 0 Å². The molecule has 27 heavy (non-hydrogen) atoms. The lowest BCUT2D eigenvalue weighted by atomic mass is 10.1. The predicted molar refractivity (Wildman–Crippen MR) is 107 cm³/mol. The Kier molecular flexibility index (Phi) is 4.14. The highest BCUT2D eigenvalue weighted by Crippen LogP contribution is 2.32. The maximum Gasteiger partial charge on any atom is 0.127 e. The summed E-state index contributed by atoms with van der Waals surface area (Å²) >= 11 is 0. The molecular weight excluding hydrogens is 336 g/mol. The average Bonchev–Trinajstić information content (AvgIpc) is 3.37. The van der Waals surface area contributed by atoms with E-state index >= 15 is 0 Å². The third-order valence-corrected chi connectivity index (χ3v) is 5.24. The molecule has 3 heterocycles. The van der Waals surface area contributed by atoms with Gasteiger partial charge in [0, 0.05) is 24.0 Å². The van der Waals surface area contributed by atoms with E-state index in [4.69, 9.17) is 4.74 Å². The number of nitrogens with zero attached hydrogens (tertiary/aromatic N) is 2. The number of allylic oxidation sites excluding steroid dienone is 1. The maximum absolute atomic E-state index is 5.91. The minimum atomic E-state index is 0.223. The van der Waals surface area contributed by atoms with Crippen LogP contribution < -0.4 is 15.4 Å². The smallest absolute Gasteiger partial charge is 0.127 e. The molecule has 2 unspecified atom stereocenters. The topological polar surface area (TPSA) is 48.9 Å². The van der Waals surface area contributed by atoms with Crippen LogP contribution in [0, 0.1) is 0 Å². The van der Waals surface area contributed by atoms with Crippen molar-refractivity contribution in [3.05, 3.63) is 78.3 Å². The normalized spacial score (nSPS) is 23.5. The van der Waals surface area contributed by atoms with Gasteiger partial charge in [0.15, 0.2) is 0 Å². The molecule has 2 N–H and O–H groups in total. The van der Waals surface area contributed by atoms with Gasteiger partial charge in [0.05, 0.1) is 17.6 Å². The van der Waals surface area contributed by atoms with Crippen molar-refractivity contribution in [2.45, 2.75) is 25.0 Å². The van der Waals surface area contributed by atoms with E-state index in [1.807, 2.05) is 54.9 Å². The lowest BCUT2D eigenvalue weighted by Crippen LogP contribution is -2.49. The van der Waals surface area contributed by atoms with Gasteiger partial charge in [-0.2, -0.15) is 0 Å². The predicted octanol–water partition coefficient (Wildman–Crippen LogP) is 3.69. The number of hydrogen-bond acceptors (Lipinski definition) is 5. The second-order valence-corrected chi connectivity index (χ2v) is 6.98. The first-order valence-corrected chi connectivity index (χ1v) is 9.44. The van der Waals surface area contributed by atoms with Crippen LogP contribution in [-0.2, 0) is 0 Å². The first-order chi connectivity index (χ1) is 13.4. The van der Waals surface area contributed by atoms with Gasteiger partial charge in [-0.25, -0.2) is 0 Å². The minimum Gasteiger partial charge on any atom is -0.457 e. The van der Waals surface area contributed by atoms with Crippen molar-refractivity contribution >= 4 is 11.9 Å². The summed E-state index contributed by atoms with van der Waals surface area (Å²) in [5.41, 5.74) is 3.37. The zero-order chi connectivity index (χ0) is 18.1. The number of aliphatic imine (C=N–C) groups is 1. The van der Waals surface area contributed by atoms with E-state index in [0.29, 0.717) is 6.04 Å². The molecule has 5 heteroatoms. The summed E-state index contributed by atoms with van der Waals surface area (Å²) in [5.74, 6) is 1.67. The quantitative estimate of drug-likeness (QED) is 0.875. The second-order valence-electron chi connectivity index (χ2n) is 6.98. The van der Waals surface area contributed by atoms with Crippen molar-refractivity contribution in [2.24, 2.45) is 4.99 Å². The molecule has 136 valence electrons. The SMILES string of the molecule is C1=CN2C(=C(c3ccc(Oc4ccccc4)cc3)NC2C2CCCN2)C=N1. The van der Waals surface area contributed by atoms with Crippen LogP contribution in [-0.4, -0.2) is 29.9 Å². The largest absolute Gasteiger partial charge is 0.457 e. The van der Waals surface area contributed by atoms with E-state index in [0.717, 1.165) is 35.0 Å². The third-order valence-electron chi connectivity index (χ3n) is 5.24. The first kappa shape index (κ1) is 16.1. The van der Waals surface area contributed by atoms with Gasteiger partial charge in [-0.1, -0.05) is 18.2 Å². The van der Waals surface area contributed by atoms with Crippen molar-refractivity contribution in [1.29, 1.82) is 0 Å². The van der Waals surface area contributed by atoms with E-state index in [1.54, 1.807) is 0 Å². The molecule has 0 amide bonds. The Morgan fingerprint density at radius 2 is 1.81 bits per heavy atom. The fraction of sp³-hybridized carbons (Fsp3) is 0.227. The Balaban J connectivity index is 1.40. The van der Waals surface area contributed by atoms with Crippen LogP contribution in [0.5, 0.6) is 11.5 Å². The fourth-order valence-electron chi connectivity index (χ4n) is 3.92. The maximum atomic E-state index is 5.91. The lowest BCUT2D eigenvalue weighted by molar-refractivity contribution is 0.285. The summed E-state index contributed by atoms with van der Waals surface area (Å²) in [6, 6.07) is 18.5. The van der Waals surface area contributed by atoms with Crippen LogP contribution in [0.2, 0.25) is 0 Å². The highest BCUT2D eigenvalue weighted by atomic mass is 16.5. The molecule has 0 bridgehead atoms. The molecule has 5 rings (SSSR count). The van der Waals surface area contributed by atoms with Crippen LogP contribution in [0.25, 0.3) is 5.70 Å². The number of fused-ring (bicyclic) bond motifs is 1. The Labute approximate surface area is 159 Å². The van der Waals surface area contributed by atoms with Gasteiger partial charge in [-0.15, -0.1) is 0 Å². The number of hydrogen-bond donors (Lipinski definition) is 2. The summed E-state index contributed by atoms with van der Waals surface area (Å²) in [6.45, 7) is 1.09. The van der Waals surface area contributed by atoms with Crippen molar-refractivity contribution < 1.29 is 4.74 Å². The Morgan fingerprint density at radius 3 is 2.59 bits per heavy atom. The molecule has 1 fully saturated rings.